The zero-order chi connectivity index (χ0) is 7.68. The van der Waals surface area contributed by atoms with E-state index in [4.69, 9.17) is 5.73 Å². The van der Waals surface area contributed by atoms with Gasteiger partial charge in [0.1, 0.15) is 5.82 Å². The van der Waals surface area contributed by atoms with Crippen molar-refractivity contribution in [1.29, 1.82) is 0 Å². The third-order valence-electron chi connectivity index (χ3n) is 1.94. The second-order valence-electron chi connectivity index (χ2n) is 2.71. The predicted molar refractivity (Wildman–Crippen MR) is 43.5 cm³/mol. The van der Waals surface area contributed by atoms with Crippen LogP contribution in [-0.4, -0.2) is 22.9 Å². The van der Waals surface area contributed by atoms with E-state index in [0.29, 0.717) is 6.54 Å². The Morgan fingerprint density at radius 3 is 3.45 bits per heavy atom. The average Bonchev–Trinajstić information content (AvgIpc) is 2.53. The van der Waals surface area contributed by atoms with Gasteiger partial charge < -0.3 is 11.1 Å². The summed E-state index contributed by atoms with van der Waals surface area (Å²) in [5.41, 5.74) is 6.69. The van der Waals surface area contributed by atoms with Crippen LogP contribution in [-0.2, 0) is 13.0 Å². The van der Waals surface area contributed by atoms with Gasteiger partial charge in [0.15, 0.2) is 0 Å². The molecule has 0 aromatic carbocycles. The van der Waals surface area contributed by atoms with Gasteiger partial charge in [-0.05, 0) is 13.0 Å². The summed E-state index contributed by atoms with van der Waals surface area (Å²) in [6, 6.07) is 0. The first-order valence-electron chi connectivity index (χ1n) is 3.90. The van der Waals surface area contributed by atoms with Gasteiger partial charge in [0, 0.05) is 12.1 Å². The third kappa shape index (κ3) is 0.991. The van der Waals surface area contributed by atoms with E-state index in [1.54, 1.807) is 0 Å². The van der Waals surface area contributed by atoms with Crippen molar-refractivity contribution in [2.24, 2.45) is 5.73 Å². The van der Waals surface area contributed by atoms with Gasteiger partial charge in [-0.25, -0.2) is 4.68 Å². The standard InChI is InChI=1S/C7H12N4/c8-2-1-6-5-10-11-4-3-9-7(6)11/h5,9H,1-4,8H2. The van der Waals surface area contributed by atoms with Gasteiger partial charge in [-0.2, -0.15) is 5.10 Å². The van der Waals surface area contributed by atoms with Crippen LogP contribution in [0.25, 0.3) is 0 Å². The van der Waals surface area contributed by atoms with Crippen molar-refractivity contribution in [2.45, 2.75) is 13.0 Å². The zero-order valence-electron chi connectivity index (χ0n) is 6.38. The van der Waals surface area contributed by atoms with E-state index >= 15 is 0 Å². The summed E-state index contributed by atoms with van der Waals surface area (Å²) >= 11 is 0. The van der Waals surface area contributed by atoms with Crippen LogP contribution in [0.3, 0.4) is 0 Å². The molecule has 1 aliphatic rings. The van der Waals surface area contributed by atoms with Gasteiger partial charge in [0.25, 0.3) is 0 Å². The molecule has 0 atom stereocenters. The minimum absolute atomic E-state index is 0.695. The molecule has 0 aliphatic carbocycles. The van der Waals surface area contributed by atoms with Crippen LogP contribution in [0.15, 0.2) is 6.20 Å². The summed E-state index contributed by atoms with van der Waals surface area (Å²) in [6.45, 7) is 2.68. The van der Waals surface area contributed by atoms with Gasteiger partial charge in [0.05, 0.1) is 12.7 Å². The van der Waals surface area contributed by atoms with Crippen LogP contribution in [0.4, 0.5) is 5.82 Å². The molecule has 1 aromatic rings. The molecule has 0 spiro atoms. The lowest BCUT2D eigenvalue weighted by molar-refractivity contribution is 0.696. The Morgan fingerprint density at radius 1 is 1.73 bits per heavy atom. The highest BCUT2D eigenvalue weighted by molar-refractivity contribution is 5.46. The van der Waals surface area contributed by atoms with E-state index < -0.39 is 0 Å². The fourth-order valence-corrected chi connectivity index (χ4v) is 1.42. The summed E-state index contributed by atoms with van der Waals surface area (Å²) < 4.78 is 1.99. The maximum Gasteiger partial charge on any atom is 0.127 e. The number of aromatic nitrogens is 2. The second-order valence-corrected chi connectivity index (χ2v) is 2.71. The van der Waals surface area contributed by atoms with Crippen LogP contribution in [0.1, 0.15) is 5.56 Å². The highest BCUT2D eigenvalue weighted by atomic mass is 15.4. The SMILES string of the molecule is NCCc1cnn2c1NCC2. The van der Waals surface area contributed by atoms with E-state index in [9.17, 15) is 0 Å². The number of hydrogen-bond acceptors (Lipinski definition) is 3. The van der Waals surface area contributed by atoms with Crippen LogP contribution in [0.2, 0.25) is 0 Å². The van der Waals surface area contributed by atoms with Crippen molar-refractivity contribution < 1.29 is 0 Å². The Hall–Kier alpha value is -1.03. The zero-order valence-corrected chi connectivity index (χ0v) is 6.38. The molecule has 3 N–H and O–H groups in total. The molecule has 0 amide bonds. The minimum Gasteiger partial charge on any atom is -0.368 e. The average molecular weight is 152 g/mol. The molecule has 0 radical (unpaired) electrons. The lowest BCUT2D eigenvalue weighted by Gasteiger charge is -1.97. The van der Waals surface area contributed by atoms with Gasteiger partial charge in [0.2, 0.25) is 0 Å². The summed E-state index contributed by atoms with van der Waals surface area (Å²) in [5, 5.41) is 7.49. The number of hydrogen-bond donors (Lipinski definition) is 2. The monoisotopic (exact) mass is 152 g/mol. The number of nitrogens with zero attached hydrogens (tertiary/aromatic N) is 2. The molecule has 0 fully saturated rings. The lowest BCUT2D eigenvalue weighted by Crippen LogP contribution is -2.04. The number of anilines is 1. The lowest BCUT2D eigenvalue weighted by atomic mass is 10.2. The molecule has 0 saturated carbocycles. The normalized spacial score (nSPS) is 14.6. The number of nitrogens with one attached hydrogen (secondary N) is 1. The molecule has 0 unspecified atom stereocenters. The van der Waals surface area contributed by atoms with Crippen molar-refractivity contribution in [3.63, 3.8) is 0 Å². The molecule has 0 saturated heterocycles. The summed E-state index contributed by atoms with van der Waals surface area (Å²) in [5.74, 6) is 1.16. The Morgan fingerprint density at radius 2 is 2.64 bits per heavy atom. The van der Waals surface area contributed by atoms with Gasteiger partial charge in [-0.1, -0.05) is 0 Å². The van der Waals surface area contributed by atoms with E-state index in [-0.39, 0.29) is 0 Å². The Balaban J connectivity index is 2.27. The Bertz CT molecular complexity index is 253. The molecule has 2 rings (SSSR count). The fourth-order valence-electron chi connectivity index (χ4n) is 1.42. The highest BCUT2D eigenvalue weighted by Gasteiger charge is 2.13. The smallest absolute Gasteiger partial charge is 0.127 e. The Labute approximate surface area is 65.4 Å². The molecular weight excluding hydrogens is 140 g/mol. The molecule has 60 valence electrons. The molecule has 4 heteroatoms. The van der Waals surface area contributed by atoms with Crippen LogP contribution < -0.4 is 11.1 Å². The maximum absolute atomic E-state index is 5.45. The summed E-state index contributed by atoms with van der Waals surface area (Å²) in [4.78, 5) is 0. The first-order chi connectivity index (χ1) is 5.42. The molecule has 11 heavy (non-hydrogen) atoms. The van der Waals surface area contributed by atoms with Crippen LogP contribution in [0, 0.1) is 0 Å². The first-order valence-corrected chi connectivity index (χ1v) is 3.90. The fraction of sp³-hybridized carbons (Fsp3) is 0.571. The van der Waals surface area contributed by atoms with Crippen molar-refractivity contribution in [3.05, 3.63) is 11.8 Å². The molecule has 1 aliphatic heterocycles. The molecule has 4 nitrogen and oxygen atoms in total. The van der Waals surface area contributed by atoms with Gasteiger partial charge in [-0.15, -0.1) is 0 Å². The minimum atomic E-state index is 0.695. The van der Waals surface area contributed by atoms with E-state index in [2.05, 4.69) is 10.4 Å². The van der Waals surface area contributed by atoms with E-state index in [0.717, 1.165) is 25.3 Å². The quantitative estimate of drug-likeness (QED) is 0.617. The topological polar surface area (TPSA) is 55.9 Å². The Kier molecular flexibility index (Phi) is 1.54. The first kappa shape index (κ1) is 6.67. The number of rotatable bonds is 2. The number of fused-ring (bicyclic) bond motifs is 1. The van der Waals surface area contributed by atoms with Crippen molar-refractivity contribution in [2.75, 3.05) is 18.4 Å². The highest BCUT2D eigenvalue weighted by Crippen LogP contribution is 2.18. The second kappa shape index (κ2) is 2.54. The van der Waals surface area contributed by atoms with Crippen molar-refractivity contribution >= 4 is 5.82 Å². The van der Waals surface area contributed by atoms with Crippen molar-refractivity contribution in [3.8, 4) is 0 Å². The predicted octanol–water partition coefficient (Wildman–Crippen LogP) is -0.190. The summed E-state index contributed by atoms with van der Waals surface area (Å²) in [6.07, 6.45) is 2.82. The van der Waals surface area contributed by atoms with E-state index in [1.807, 2.05) is 10.9 Å². The van der Waals surface area contributed by atoms with E-state index in [1.165, 1.54) is 5.56 Å². The van der Waals surface area contributed by atoms with Crippen molar-refractivity contribution in [1.82, 2.24) is 9.78 Å². The largest absolute Gasteiger partial charge is 0.368 e. The maximum atomic E-state index is 5.45. The third-order valence-corrected chi connectivity index (χ3v) is 1.94. The molecule has 2 heterocycles. The molecule has 1 aromatic heterocycles. The van der Waals surface area contributed by atoms with Gasteiger partial charge >= 0.3 is 0 Å². The summed E-state index contributed by atoms with van der Waals surface area (Å²) in [7, 11) is 0. The number of nitrogens with two attached hydrogens (primary N) is 1. The molecular formula is C7H12N4. The van der Waals surface area contributed by atoms with Gasteiger partial charge in [-0.3, -0.25) is 0 Å². The molecule has 0 bridgehead atoms. The van der Waals surface area contributed by atoms with Crippen LogP contribution >= 0.6 is 0 Å². The van der Waals surface area contributed by atoms with Crippen LogP contribution in [0.5, 0.6) is 0 Å².